The van der Waals surface area contributed by atoms with Gasteiger partial charge in [-0.15, -0.1) is 0 Å². The van der Waals surface area contributed by atoms with E-state index in [1.165, 1.54) is 42.3 Å². The summed E-state index contributed by atoms with van der Waals surface area (Å²) >= 11 is 0. The van der Waals surface area contributed by atoms with Gasteiger partial charge in [-0.05, 0) is 36.6 Å². The quantitative estimate of drug-likeness (QED) is 0.717. The first-order chi connectivity index (χ1) is 13.5. The lowest BCUT2D eigenvalue weighted by molar-refractivity contribution is -0.122. The standard InChI is InChI=1S/C20H23FN4O3/c1-28-18-8-6-14(10-17(18)21)7-9-19(26)24-16-11-22-25(12-16)13-20(27)23-15-4-2-3-5-15/h6-12,15H,2-5,13H2,1H3,(H,23,27)(H,24,26)/b9-7+. The van der Waals surface area contributed by atoms with Crippen molar-refractivity contribution in [2.24, 2.45) is 0 Å². The Kier molecular flexibility index (Phi) is 6.41. The molecule has 2 N–H and O–H groups in total. The number of nitrogens with zero attached hydrogens (tertiary/aromatic N) is 2. The molecule has 148 valence electrons. The smallest absolute Gasteiger partial charge is 0.248 e. The highest BCUT2D eigenvalue weighted by atomic mass is 19.1. The number of carbonyl (C=O) groups excluding carboxylic acids is 2. The van der Waals surface area contributed by atoms with Crippen molar-refractivity contribution in [3.05, 3.63) is 48.0 Å². The van der Waals surface area contributed by atoms with Gasteiger partial charge in [-0.25, -0.2) is 4.39 Å². The molecule has 0 spiro atoms. The second kappa shape index (κ2) is 9.16. The summed E-state index contributed by atoms with van der Waals surface area (Å²) in [6.07, 6.45) is 10.2. The summed E-state index contributed by atoms with van der Waals surface area (Å²) in [7, 11) is 1.39. The number of carbonyl (C=O) groups is 2. The van der Waals surface area contributed by atoms with Crippen LogP contribution in [-0.4, -0.2) is 34.7 Å². The molecule has 1 fully saturated rings. The summed E-state index contributed by atoms with van der Waals surface area (Å²) in [4.78, 5) is 24.0. The molecular weight excluding hydrogens is 363 g/mol. The number of rotatable bonds is 7. The van der Waals surface area contributed by atoms with Crippen LogP contribution >= 0.6 is 0 Å². The van der Waals surface area contributed by atoms with E-state index in [0.717, 1.165) is 25.7 Å². The lowest BCUT2D eigenvalue weighted by Gasteiger charge is -2.11. The SMILES string of the molecule is COc1ccc(/C=C/C(=O)Nc2cnn(CC(=O)NC3CCCC3)c2)cc1F. The van der Waals surface area contributed by atoms with Gasteiger partial charge in [-0.1, -0.05) is 18.9 Å². The molecule has 1 aromatic carbocycles. The molecule has 1 saturated carbocycles. The number of benzene rings is 1. The van der Waals surface area contributed by atoms with E-state index in [1.54, 1.807) is 12.3 Å². The van der Waals surface area contributed by atoms with Crippen LogP contribution in [0.1, 0.15) is 31.2 Å². The van der Waals surface area contributed by atoms with Crippen LogP contribution in [0.2, 0.25) is 0 Å². The molecule has 0 bridgehead atoms. The molecule has 0 atom stereocenters. The maximum atomic E-state index is 13.7. The van der Waals surface area contributed by atoms with E-state index in [-0.39, 0.29) is 30.2 Å². The molecule has 0 radical (unpaired) electrons. The van der Waals surface area contributed by atoms with Gasteiger partial charge < -0.3 is 15.4 Å². The number of hydrogen-bond donors (Lipinski definition) is 2. The van der Waals surface area contributed by atoms with E-state index in [4.69, 9.17) is 4.74 Å². The fourth-order valence-corrected chi connectivity index (χ4v) is 3.15. The van der Waals surface area contributed by atoms with E-state index in [1.807, 2.05) is 0 Å². The van der Waals surface area contributed by atoms with Crippen LogP contribution in [0.15, 0.2) is 36.7 Å². The van der Waals surface area contributed by atoms with E-state index in [9.17, 15) is 14.0 Å². The Hall–Kier alpha value is -3.16. The van der Waals surface area contributed by atoms with E-state index in [2.05, 4.69) is 15.7 Å². The maximum Gasteiger partial charge on any atom is 0.248 e. The second-order valence-electron chi connectivity index (χ2n) is 6.69. The number of methoxy groups -OCH3 is 1. The molecule has 2 aromatic rings. The van der Waals surface area contributed by atoms with Gasteiger partial charge in [0.2, 0.25) is 11.8 Å². The van der Waals surface area contributed by atoms with Crippen molar-refractivity contribution in [2.45, 2.75) is 38.3 Å². The Balaban J connectivity index is 1.50. The Morgan fingerprint density at radius 1 is 1.36 bits per heavy atom. The molecule has 0 unspecified atom stereocenters. The topological polar surface area (TPSA) is 85.2 Å². The monoisotopic (exact) mass is 386 g/mol. The summed E-state index contributed by atoms with van der Waals surface area (Å²) < 4.78 is 20.0. The Labute approximate surface area is 162 Å². The van der Waals surface area contributed by atoms with Gasteiger partial charge in [0, 0.05) is 18.3 Å². The highest BCUT2D eigenvalue weighted by Gasteiger charge is 2.17. The Bertz CT molecular complexity index is 872. The van der Waals surface area contributed by atoms with Gasteiger partial charge in [-0.2, -0.15) is 5.10 Å². The summed E-state index contributed by atoms with van der Waals surface area (Å²) in [5.74, 6) is -0.825. The third kappa shape index (κ3) is 5.42. The molecule has 7 nitrogen and oxygen atoms in total. The van der Waals surface area contributed by atoms with Gasteiger partial charge in [-0.3, -0.25) is 14.3 Å². The fraction of sp³-hybridized carbons (Fsp3) is 0.350. The van der Waals surface area contributed by atoms with Crippen LogP contribution in [0.5, 0.6) is 5.75 Å². The van der Waals surface area contributed by atoms with Crippen LogP contribution < -0.4 is 15.4 Å². The van der Waals surface area contributed by atoms with Crippen LogP contribution in [0.3, 0.4) is 0 Å². The number of halogens is 1. The number of aromatic nitrogens is 2. The number of hydrogen-bond acceptors (Lipinski definition) is 4. The number of amides is 2. The van der Waals surface area contributed by atoms with Crippen molar-refractivity contribution < 1.29 is 18.7 Å². The molecule has 0 saturated heterocycles. The zero-order chi connectivity index (χ0) is 19.9. The zero-order valence-corrected chi connectivity index (χ0v) is 15.7. The minimum absolute atomic E-state index is 0.0886. The average molecular weight is 386 g/mol. The molecule has 8 heteroatoms. The summed E-state index contributed by atoms with van der Waals surface area (Å²) in [5.41, 5.74) is 1.01. The normalized spacial score (nSPS) is 14.4. The molecule has 2 amide bonds. The first-order valence-electron chi connectivity index (χ1n) is 9.18. The molecule has 1 aliphatic rings. The van der Waals surface area contributed by atoms with Crippen LogP contribution in [0, 0.1) is 5.82 Å². The third-order valence-corrected chi connectivity index (χ3v) is 4.53. The maximum absolute atomic E-state index is 13.7. The second-order valence-corrected chi connectivity index (χ2v) is 6.69. The number of nitrogens with one attached hydrogen (secondary N) is 2. The van der Waals surface area contributed by atoms with E-state index in [0.29, 0.717) is 11.3 Å². The molecule has 1 aromatic heterocycles. The predicted octanol–water partition coefficient (Wildman–Crippen LogP) is 2.74. The summed E-state index contributed by atoms with van der Waals surface area (Å²) in [6.45, 7) is 0.104. The van der Waals surface area contributed by atoms with Crippen molar-refractivity contribution in [1.29, 1.82) is 0 Å². The summed E-state index contributed by atoms with van der Waals surface area (Å²) in [6, 6.07) is 4.68. The minimum atomic E-state index is -0.498. The molecular formula is C20H23FN4O3. The molecule has 0 aliphatic heterocycles. The molecule has 28 heavy (non-hydrogen) atoms. The zero-order valence-electron chi connectivity index (χ0n) is 15.7. The van der Waals surface area contributed by atoms with Gasteiger partial charge in [0.15, 0.2) is 11.6 Å². The van der Waals surface area contributed by atoms with Crippen LogP contribution in [0.4, 0.5) is 10.1 Å². The van der Waals surface area contributed by atoms with Gasteiger partial charge in [0.1, 0.15) is 6.54 Å². The van der Waals surface area contributed by atoms with Crippen LogP contribution in [0.25, 0.3) is 6.08 Å². The van der Waals surface area contributed by atoms with Crippen molar-refractivity contribution in [3.63, 3.8) is 0 Å². The Morgan fingerprint density at radius 2 is 2.14 bits per heavy atom. The van der Waals surface area contributed by atoms with Crippen molar-refractivity contribution in [1.82, 2.24) is 15.1 Å². The number of ether oxygens (including phenoxy) is 1. The van der Waals surface area contributed by atoms with Gasteiger partial charge >= 0.3 is 0 Å². The lowest BCUT2D eigenvalue weighted by Crippen LogP contribution is -2.35. The van der Waals surface area contributed by atoms with Crippen molar-refractivity contribution in [3.8, 4) is 5.75 Å². The average Bonchev–Trinajstić information content (AvgIpc) is 3.32. The van der Waals surface area contributed by atoms with E-state index < -0.39 is 5.82 Å². The van der Waals surface area contributed by atoms with Crippen molar-refractivity contribution in [2.75, 3.05) is 12.4 Å². The Morgan fingerprint density at radius 3 is 2.86 bits per heavy atom. The number of anilines is 1. The van der Waals surface area contributed by atoms with Gasteiger partial charge in [0.05, 0.1) is 19.0 Å². The molecule has 1 heterocycles. The van der Waals surface area contributed by atoms with E-state index >= 15 is 0 Å². The fourth-order valence-electron chi connectivity index (χ4n) is 3.15. The molecule has 3 rings (SSSR count). The van der Waals surface area contributed by atoms with Crippen LogP contribution in [-0.2, 0) is 16.1 Å². The predicted molar refractivity (Wildman–Crippen MR) is 103 cm³/mol. The summed E-state index contributed by atoms with van der Waals surface area (Å²) in [5, 5.41) is 9.73. The largest absolute Gasteiger partial charge is 0.494 e. The first-order valence-corrected chi connectivity index (χ1v) is 9.18. The highest BCUT2D eigenvalue weighted by Crippen LogP contribution is 2.19. The highest BCUT2D eigenvalue weighted by molar-refractivity contribution is 6.01. The van der Waals surface area contributed by atoms with Crippen molar-refractivity contribution >= 4 is 23.6 Å². The third-order valence-electron chi connectivity index (χ3n) is 4.53. The lowest BCUT2D eigenvalue weighted by atomic mass is 10.2. The van der Waals surface area contributed by atoms with Gasteiger partial charge in [0.25, 0.3) is 0 Å². The minimum Gasteiger partial charge on any atom is -0.494 e. The first kappa shape index (κ1) is 19.6. The molecule has 1 aliphatic carbocycles.